The topological polar surface area (TPSA) is 333 Å². The number of ether oxygens (including phenoxy) is 1. The van der Waals surface area contributed by atoms with Crippen LogP contribution < -0.4 is 37.9 Å². The predicted octanol–water partition coefficient (Wildman–Crippen LogP) is -4.04. The Bertz CT molecular complexity index is 1810. The number of nitrogens with two attached hydrogens (primary N) is 1. The summed E-state index contributed by atoms with van der Waals surface area (Å²) in [7, 11) is 0. The van der Waals surface area contributed by atoms with Gasteiger partial charge in [0.25, 0.3) is 17.4 Å². The van der Waals surface area contributed by atoms with Crippen LogP contribution in [0.4, 0.5) is 11.6 Å². The van der Waals surface area contributed by atoms with Gasteiger partial charge in [-0.1, -0.05) is 0 Å². The summed E-state index contributed by atoms with van der Waals surface area (Å²) >= 11 is 3.94. The fraction of sp³-hybridized carbons (Fsp3) is 0.414. The van der Waals surface area contributed by atoms with Gasteiger partial charge in [-0.15, -0.1) is 0 Å². The number of nitrogens with one attached hydrogen (secondary N) is 6. The van der Waals surface area contributed by atoms with Crippen molar-refractivity contribution in [3.05, 3.63) is 52.1 Å². The minimum atomic E-state index is -2.00. The van der Waals surface area contributed by atoms with Gasteiger partial charge in [0, 0.05) is 30.0 Å². The molecule has 51 heavy (non-hydrogen) atoms. The fourth-order valence-corrected chi connectivity index (χ4v) is 4.92. The normalized spacial score (nSPS) is 20.5. The van der Waals surface area contributed by atoms with Crippen LogP contribution in [0.15, 0.2) is 35.3 Å². The molecule has 4 amide bonds. The Labute approximate surface area is 293 Å². The Morgan fingerprint density at radius 2 is 1.75 bits per heavy atom. The van der Waals surface area contributed by atoms with Gasteiger partial charge in [0.2, 0.25) is 17.8 Å². The van der Waals surface area contributed by atoms with Gasteiger partial charge in [-0.25, -0.2) is 14.8 Å². The summed E-state index contributed by atoms with van der Waals surface area (Å²) in [5, 5.41) is 53.0. The van der Waals surface area contributed by atoms with Crippen molar-refractivity contribution in [3.8, 4) is 0 Å². The number of hydrogen-bond donors (Lipinski definition) is 12. The van der Waals surface area contributed by atoms with E-state index in [1.165, 1.54) is 18.3 Å². The minimum Gasteiger partial charge on any atom is -0.480 e. The second-order valence-electron chi connectivity index (χ2n) is 11.1. The number of fused-ring (bicyclic) bond motifs is 1. The Morgan fingerprint density at radius 3 is 2.43 bits per heavy atom. The van der Waals surface area contributed by atoms with E-state index >= 15 is 0 Å². The van der Waals surface area contributed by atoms with Crippen LogP contribution in [-0.4, -0.2) is 125 Å². The number of nitrogen functional groups attached to an aromatic ring is 1. The zero-order chi connectivity index (χ0) is 37.2. The van der Waals surface area contributed by atoms with Gasteiger partial charge >= 0.3 is 5.97 Å². The Hall–Kier alpha value is -5.42. The smallest absolute Gasteiger partial charge is 0.326 e. The molecule has 2 aromatic heterocycles. The van der Waals surface area contributed by atoms with Crippen molar-refractivity contribution in [1.29, 1.82) is 0 Å². The SMILES string of the molecule is Nc1nc2ncc(CNc3ccc(C(=O)N[C@@H](CCC(=O)NC4C(O)[C@H](O)OC(C(=O)NCC(=O)NCCS)[C@H]4O)C(=O)O)cc3)nc2c(=O)[nH]1. The molecule has 4 rings (SSSR count). The zero-order valence-corrected chi connectivity index (χ0v) is 27.5. The Morgan fingerprint density at radius 1 is 1.02 bits per heavy atom. The highest BCUT2D eigenvalue weighted by Crippen LogP contribution is 2.21. The fourth-order valence-electron chi connectivity index (χ4n) is 4.81. The number of aliphatic carboxylic acids is 1. The van der Waals surface area contributed by atoms with Gasteiger partial charge in [-0.3, -0.25) is 29.0 Å². The van der Waals surface area contributed by atoms with Gasteiger partial charge < -0.3 is 57.5 Å². The number of H-pyrrole nitrogens is 1. The summed E-state index contributed by atoms with van der Waals surface area (Å²) in [5.41, 5.74) is 6.14. The average molecular weight is 733 g/mol. The molecule has 0 aliphatic carbocycles. The molecule has 3 heterocycles. The number of aromatic amines is 1. The third-order valence-corrected chi connectivity index (χ3v) is 7.66. The lowest BCUT2D eigenvalue weighted by molar-refractivity contribution is -0.251. The van der Waals surface area contributed by atoms with Crippen molar-refractivity contribution in [1.82, 2.24) is 41.2 Å². The summed E-state index contributed by atoms with van der Waals surface area (Å²) in [6.07, 6.45) is -7.04. The van der Waals surface area contributed by atoms with Crippen LogP contribution in [0.5, 0.6) is 0 Å². The van der Waals surface area contributed by atoms with E-state index in [1.807, 2.05) is 0 Å². The molecule has 3 unspecified atom stereocenters. The second kappa shape index (κ2) is 17.5. The number of carboxylic acid groups (broad SMARTS) is 1. The number of benzene rings is 1. The van der Waals surface area contributed by atoms with Crippen molar-refractivity contribution in [2.24, 2.45) is 0 Å². The molecular formula is C29H36N10O11S. The molecule has 6 atom stereocenters. The van der Waals surface area contributed by atoms with Gasteiger partial charge in [-0.05, 0) is 30.7 Å². The van der Waals surface area contributed by atoms with Crippen molar-refractivity contribution in [3.63, 3.8) is 0 Å². The van der Waals surface area contributed by atoms with Crippen molar-refractivity contribution in [2.75, 3.05) is 29.9 Å². The first-order valence-corrected chi connectivity index (χ1v) is 15.9. The molecule has 1 fully saturated rings. The number of carboxylic acids is 1. The third-order valence-electron chi connectivity index (χ3n) is 7.44. The van der Waals surface area contributed by atoms with Gasteiger partial charge in [0.15, 0.2) is 23.6 Å². The zero-order valence-electron chi connectivity index (χ0n) is 26.6. The van der Waals surface area contributed by atoms with Gasteiger partial charge in [-0.2, -0.15) is 17.6 Å². The Balaban J connectivity index is 1.28. The summed E-state index contributed by atoms with van der Waals surface area (Å²) in [5.74, 6) is -4.38. The second-order valence-corrected chi connectivity index (χ2v) is 11.6. The first-order chi connectivity index (χ1) is 24.3. The van der Waals surface area contributed by atoms with E-state index in [0.717, 1.165) is 0 Å². The minimum absolute atomic E-state index is 0.0102. The molecule has 0 spiro atoms. The Kier molecular flexibility index (Phi) is 13.2. The van der Waals surface area contributed by atoms with E-state index in [9.17, 15) is 49.2 Å². The molecule has 274 valence electrons. The number of carbonyl (C=O) groups excluding carboxylic acids is 4. The van der Waals surface area contributed by atoms with Crippen LogP contribution in [0.1, 0.15) is 28.9 Å². The monoisotopic (exact) mass is 732 g/mol. The van der Waals surface area contributed by atoms with E-state index in [-0.39, 0.29) is 35.8 Å². The molecule has 1 aliphatic rings. The number of aliphatic hydroxyl groups excluding tert-OH is 3. The van der Waals surface area contributed by atoms with E-state index in [0.29, 0.717) is 17.1 Å². The lowest BCUT2D eigenvalue weighted by Crippen LogP contribution is -2.66. The molecule has 21 nitrogen and oxygen atoms in total. The number of aromatic nitrogens is 4. The number of rotatable bonds is 15. The molecule has 1 aliphatic heterocycles. The largest absolute Gasteiger partial charge is 0.480 e. The van der Waals surface area contributed by atoms with E-state index < -0.39 is 91.2 Å². The molecule has 12 N–H and O–H groups in total. The maximum Gasteiger partial charge on any atom is 0.326 e. The molecule has 0 bridgehead atoms. The number of hydrogen-bond acceptors (Lipinski definition) is 16. The summed E-state index contributed by atoms with van der Waals surface area (Å²) in [6, 6.07) is 2.80. The highest BCUT2D eigenvalue weighted by Gasteiger charge is 2.47. The van der Waals surface area contributed by atoms with E-state index in [1.54, 1.807) is 12.1 Å². The number of carbonyl (C=O) groups is 5. The van der Waals surface area contributed by atoms with Crippen LogP contribution >= 0.6 is 12.6 Å². The van der Waals surface area contributed by atoms with Crippen LogP contribution in [0, 0.1) is 0 Å². The van der Waals surface area contributed by atoms with Crippen molar-refractivity contribution in [2.45, 2.75) is 56.1 Å². The summed E-state index contributed by atoms with van der Waals surface area (Å²) in [4.78, 5) is 88.3. The van der Waals surface area contributed by atoms with Gasteiger partial charge in [0.1, 0.15) is 18.2 Å². The lowest BCUT2D eigenvalue weighted by atomic mass is 9.95. The van der Waals surface area contributed by atoms with E-state index in [4.69, 9.17) is 10.5 Å². The third kappa shape index (κ3) is 10.3. The molecule has 22 heteroatoms. The number of amides is 4. The molecule has 0 radical (unpaired) electrons. The summed E-state index contributed by atoms with van der Waals surface area (Å²) < 4.78 is 4.97. The maximum absolute atomic E-state index is 12.8. The molecular weight excluding hydrogens is 696 g/mol. The first kappa shape index (κ1) is 38.4. The molecule has 3 aromatic rings. The van der Waals surface area contributed by atoms with E-state index in [2.05, 4.69) is 59.1 Å². The van der Waals surface area contributed by atoms with Crippen LogP contribution in [0.2, 0.25) is 0 Å². The van der Waals surface area contributed by atoms with Crippen molar-refractivity contribution >= 4 is 65.0 Å². The first-order valence-electron chi connectivity index (χ1n) is 15.3. The highest BCUT2D eigenvalue weighted by atomic mass is 32.1. The standard InChI is InChI=1S/C29H36N10O11S/c30-29-38-23-19(25(45)39-29)35-14(10-33-23)9-32-13-3-1-12(2-4-13)24(44)36-15(27(47)48)5-6-16(40)37-18-20(42)22(50-28(49)21(18)43)26(46)34-11-17(41)31-7-8-51/h1-4,10,15,18,20-22,28,32,42-43,49,51H,5-9,11H2,(H,31,41)(H,34,46)(H,36,44)(H,37,40)(H,47,48)(H3,30,33,38,39,45)/t15-,18?,20-,21?,22?,28+/m0/s1. The molecule has 1 aromatic carbocycles. The molecule has 0 saturated carbocycles. The highest BCUT2D eigenvalue weighted by molar-refractivity contribution is 7.80. The predicted molar refractivity (Wildman–Crippen MR) is 179 cm³/mol. The maximum atomic E-state index is 12.8. The van der Waals surface area contributed by atoms with Gasteiger partial charge in [0.05, 0.1) is 31.0 Å². The van der Waals surface area contributed by atoms with Crippen LogP contribution in [0.3, 0.4) is 0 Å². The van der Waals surface area contributed by atoms with Crippen LogP contribution in [0.25, 0.3) is 11.2 Å². The number of thiol groups is 1. The number of aliphatic hydroxyl groups is 3. The number of anilines is 2. The average Bonchev–Trinajstić information content (AvgIpc) is 3.10. The molecule has 1 saturated heterocycles. The summed E-state index contributed by atoms with van der Waals surface area (Å²) in [6.45, 7) is -0.0889. The van der Waals surface area contributed by atoms with Crippen LogP contribution in [-0.2, 0) is 30.5 Å². The quantitative estimate of drug-likeness (QED) is 0.0662. The van der Waals surface area contributed by atoms with Crippen molar-refractivity contribution < 1.29 is 49.1 Å². The number of nitrogens with zero attached hydrogens (tertiary/aromatic N) is 3. The lowest BCUT2D eigenvalue weighted by Gasteiger charge is -2.40.